The molecule has 0 bridgehead atoms. The summed E-state index contributed by atoms with van der Waals surface area (Å²) in [5, 5.41) is 17.3. The fourth-order valence-corrected chi connectivity index (χ4v) is 4.28. The highest BCUT2D eigenvalue weighted by atomic mass is 19.1. The third-order valence-corrected chi connectivity index (χ3v) is 6.26. The summed E-state index contributed by atoms with van der Waals surface area (Å²) in [7, 11) is 1.49. The average molecular weight is 449 g/mol. The molecular formula is C23H33FN4O4. The number of H-pyrrole nitrogens is 1. The van der Waals surface area contributed by atoms with Crippen molar-refractivity contribution in [3.63, 3.8) is 0 Å². The summed E-state index contributed by atoms with van der Waals surface area (Å²) in [6, 6.07) is 2.72. The van der Waals surface area contributed by atoms with Crippen molar-refractivity contribution in [2.45, 2.75) is 63.9 Å². The van der Waals surface area contributed by atoms with E-state index in [0.29, 0.717) is 31.4 Å². The zero-order valence-electron chi connectivity index (χ0n) is 19.0. The number of methoxy groups -OCH3 is 1. The van der Waals surface area contributed by atoms with E-state index in [1.54, 1.807) is 31.0 Å². The van der Waals surface area contributed by atoms with Crippen LogP contribution in [0, 0.1) is 5.82 Å². The Morgan fingerprint density at radius 2 is 2.12 bits per heavy atom. The number of aliphatic hydroxyl groups is 1. The number of amides is 2. The molecule has 1 saturated heterocycles. The van der Waals surface area contributed by atoms with Gasteiger partial charge in [0.2, 0.25) is 11.8 Å². The third kappa shape index (κ3) is 5.11. The Morgan fingerprint density at radius 3 is 2.81 bits per heavy atom. The Bertz CT molecular complexity index is 949. The minimum atomic E-state index is -0.876. The number of hydrogen-bond acceptors (Lipinski definition) is 5. The molecule has 0 saturated carbocycles. The molecule has 8 nitrogen and oxygen atoms in total. The standard InChI is InChI=1S/C23H33FN4O4/c1-5-25-13(2)22(30)27-21(14(3)32-4)23(31)28-9-8-20(29)19(28)10-15-12-26-18-11-16(24)6-7-17(15)18/h6-7,11-14,19-21,25-26,29H,5,8-10H2,1-4H3,(H,27,30)/t13-,14?,19-,20?,21-/m0/s1. The second-order valence-electron chi connectivity index (χ2n) is 8.37. The lowest BCUT2D eigenvalue weighted by Gasteiger charge is -2.33. The van der Waals surface area contributed by atoms with Crippen molar-refractivity contribution >= 4 is 22.7 Å². The summed E-state index contributed by atoms with van der Waals surface area (Å²) in [6.45, 7) is 6.38. The van der Waals surface area contributed by atoms with Crippen molar-refractivity contribution in [3.8, 4) is 0 Å². The summed E-state index contributed by atoms with van der Waals surface area (Å²) >= 11 is 0. The van der Waals surface area contributed by atoms with Gasteiger partial charge in [-0.05, 0) is 57.0 Å². The highest BCUT2D eigenvalue weighted by Gasteiger charge is 2.41. The summed E-state index contributed by atoms with van der Waals surface area (Å²) in [4.78, 5) is 30.8. The number of benzene rings is 1. The van der Waals surface area contributed by atoms with E-state index in [4.69, 9.17) is 4.74 Å². The minimum Gasteiger partial charge on any atom is -0.391 e. The van der Waals surface area contributed by atoms with Gasteiger partial charge >= 0.3 is 0 Å². The van der Waals surface area contributed by atoms with E-state index in [-0.39, 0.29) is 17.6 Å². The number of nitrogens with zero attached hydrogens (tertiary/aromatic N) is 1. The number of ether oxygens (including phenoxy) is 1. The fourth-order valence-electron chi connectivity index (χ4n) is 4.28. The summed E-state index contributed by atoms with van der Waals surface area (Å²) < 4.78 is 18.9. The summed E-state index contributed by atoms with van der Waals surface area (Å²) in [5.74, 6) is -0.907. The first-order valence-electron chi connectivity index (χ1n) is 11.1. The van der Waals surface area contributed by atoms with Crippen LogP contribution >= 0.6 is 0 Å². The second-order valence-corrected chi connectivity index (χ2v) is 8.37. The van der Waals surface area contributed by atoms with Crippen molar-refractivity contribution in [1.29, 1.82) is 0 Å². The predicted molar refractivity (Wildman–Crippen MR) is 120 cm³/mol. The van der Waals surface area contributed by atoms with Gasteiger partial charge in [0.25, 0.3) is 0 Å². The molecule has 3 rings (SSSR count). The van der Waals surface area contributed by atoms with E-state index in [1.807, 2.05) is 6.92 Å². The van der Waals surface area contributed by atoms with Gasteiger partial charge in [-0.1, -0.05) is 6.92 Å². The third-order valence-electron chi connectivity index (χ3n) is 6.26. The Hall–Kier alpha value is -2.49. The molecule has 0 aliphatic carbocycles. The second kappa shape index (κ2) is 10.4. The van der Waals surface area contributed by atoms with Crippen LogP contribution in [-0.2, 0) is 20.7 Å². The Kier molecular flexibility index (Phi) is 7.86. The molecule has 0 radical (unpaired) electrons. The lowest BCUT2D eigenvalue weighted by atomic mass is 10.0. The molecule has 0 spiro atoms. The van der Waals surface area contributed by atoms with Crippen LogP contribution in [0.4, 0.5) is 4.39 Å². The number of hydrogen-bond donors (Lipinski definition) is 4. The predicted octanol–water partition coefficient (Wildman–Crippen LogP) is 1.33. The van der Waals surface area contributed by atoms with Gasteiger partial charge in [0.05, 0.1) is 24.3 Å². The number of aromatic nitrogens is 1. The molecule has 2 heterocycles. The maximum Gasteiger partial charge on any atom is 0.248 e. The number of carbonyl (C=O) groups is 2. The Balaban J connectivity index is 1.80. The molecule has 2 amide bonds. The van der Waals surface area contributed by atoms with Gasteiger partial charge in [0.1, 0.15) is 11.9 Å². The number of likely N-dealkylation sites (N-methyl/N-ethyl adjacent to an activating group) is 1. The zero-order valence-corrected chi connectivity index (χ0v) is 19.0. The molecule has 1 aromatic heterocycles. The maximum atomic E-state index is 13.5. The zero-order chi connectivity index (χ0) is 23.4. The van der Waals surface area contributed by atoms with Gasteiger partial charge in [-0.25, -0.2) is 4.39 Å². The van der Waals surface area contributed by atoms with E-state index < -0.39 is 30.3 Å². The van der Waals surface area contributed by atoms with Crippen molar-refractivity contribution in [1.82, 2.24) is 20.5 Å². The van der Waals surface area contributed by atoms with Crippen molar-refractivity contribution < 1.29 is 23.8 Å². The number of likely N-dealkylation sites (tertiary alicyclic amines) is 1. The van der Waals surface area contributed by atoms with Crippen LogP contribution < -0.4 is 10.6 Å². The van der Waals surface area contributed by atoms with Crippen molar-refractivity contribution in [3.05, 3.63) is 35.8 Å². The number of fused-ring (bicyclic) bond motifs is 1. The van der Waals surface area contributed by atoms with Crippen LogP contribution in [0.2, 0.25) is 0 Å². The lowest BCUT2D eigenvalue weighted by Crippen LogP contribution is -2.58. The maximum absolute atomic E-state index is 13.5. The number of nitrogens with one attached hydrogen (secondary N) is 3. The normalized spacial score (nSPS) is 21.5. The van der Waals surface area contributed by atoms with Crippen molar-refractivity contribution in [2.24, 2.45) is 0 Å². The van der Waals surface area contributed by atoms with Crippen LogP contribution in [0.1, 0.15) is 32.8 Å². The average Bonchev–Trinajstić information content (AvgIpc) is 3.34. The first kappa shape index (κ1) is 24.2. The smallest absolute Gasteiger partial charge is 0.248 e. The number of aromatic amines is 1. The van der Waals surface area contributed by atoms with Gasteiger partial charge in [-0.3, -0.25) is 9.59 Å². The molecule has 1 aliphatic rings. The molecular weight excluding hydrogens is 415 g/mol. The molecule has 9 heteroatoms. The lowest BCUT2D eigenvalue weighted by molar-refractivity contribution is -0.141. The molecule has 176 valence electrons. The quantitative estimate of drug-likeness (QED) is 0.463. The summed E-state index contributed by atoms with van der Waals surface area (Å²) in [5.41, 5.74) is 1.56. The van der Waals surface area contributed by atoms with E-state index in [2.05, 4.69) is 15.6 Å². The molecule has 5 atom stereocenters. The topological polar surface area (TPSA) is 107 Å². The van der Waals surface area contributed by atoms with Crippen LogP contribution in [0.25, 0.3) is 10.9 Å². The molecule has 32 heavy (non-hydrogen) atoms. The minimum absolute atomic E-state index is 0.288. The number of aliphatic hydroxyl groups excluding tert-OH is 1. The Labute approximate surface area is 187 Å². The largest absolute Gasteiger partial charge is 0.391 e. The highest BCUT2D eigenvalue weighted by molar-refractivity contribution is 5.90. The van der Waals surface area contributed by atoms with Crippen LogP contribution in [0.3, 0.4) is 0 Å². The van der Waals surface area contributed by atoms with Crippen LogP contribution in [0.5, 0.6) is 0 Å². The molecule has 1 aromatic carbocycles. The molecule has 4 N–H and O–H groups in total. The van der Waals surface area contributed by atoms with E-state index in [9.17, 15) is 19.1 Å². The molecule has 1 fully saturated rings. The van der Waals surface area contributed by atoms with Crippen LogP contribution in [0.15, 0.2) is 24.4 Å². The molecule has 2 unspecified atom stereocenters. The van der Waals surface area contributed by atoms with E-state index in [1.165, 1.54) is 19.2 Å². The number of halogens is 1. The van der Waals surface area contributed by atoms with E-state index >= 15 is 0 Å². The first-order chi connectivity index (χ1) is 15.3. The van der Waals surface area contributed by atoms with Gasteiger partial charge in [-0.2, -0.15) is 0 Å². The van der Waals surface area contributed by atoms with E-state index in [0.717, 1.165) is 10.9 Å². The van der Waals surface area contributed by atoms with Crippen LogP contribution in [-0.4, -0.2) is 77.3 Å². The van der Waals surface area contributed by atoms with Crippen molar-refractivity contribution in [2.75, 3.05) is 20.2 Å². The SMILES string of the molecule is CCN[C@@H](C)C(=O)N[C@H](C(=O)N1CCC(O)[C@@H]1Cc1c[nH]c2cc(F)ccc12)C(C)OC. The van der Waals surface area contributed by atoms with Gasteiger partial charge in [0.15, 0.2) is 0 Å². The fraction of sp³-hybridized carbons (Fsp3) is 0.565. The highest BCUT2D eigenvalue weighted by Crippen LogP contribution is 2.27. The summed E-state index contributed by atoms with van der Waals surface area (Å²) in [6.07, 6.45) is 1.40. The monoisotopic (exact) mass is 448 g/mol. The van der Waals surface area contributed by atoms with Gasteiger partial charge < -0.3 is 30.4 Å². The van der Waals surface area contributed by atoms with Gasteiger partial charge in [-0.15, -0.1) is 0 Å². The number of carbonyl (C=O) groups excluding carboxylic acids is 2. The number of rotatable bonds is 9. The first-order valence-corrected chi connectivity index (χ1v) is 11.1. The Morgan fingerprint density at radius 1 is 1.38 bits per heavy atom. The molecule has 2 aromatic rings. The van der Waals surface area contributed by atoms with Gasteiger partial charge in [0, 0.05) is 30.8 Å². The molecule has 1 aliphatic heterocycles.